The van der Waals surface area contributed by atoms with Crippen molar-refractivity contribution in [1.29, 1.82) is 0 Å². The van der Waals surface area contributed by atoms with E-state index < -0.39 is 11.6 Å². The summed E-state index contributed by atoms with van der Waals surface area (Å²) in [5.41, 5.74) is 1.51. The summed E-state index contributed by atoms with van der Waals surface area (Å²) in [4.78, 5) is 2.24. The molecule has 0 aliphatic carbocycles. The molecule has 2 heterocycles. The second-order valence-electron chi connectivity index (χ2n) is 5.98. The highest BCUT2D eigenvalue weighted by Gasteiger charge is 2.26. The number of hydrogen-bond acceptors (Lipinski definition) is 3. The first-order chi connectivity index (χ1) is 10.6. The molecule has 1 fully saturated rings. The highest BCUT2D eigenvalue weighted by molar-refractivity contribution is 5.18. The van der Waals surface area contributed by atoms with Crippen molar-refractivity contribution in [2.24, 2.45) is 0 Å². The lowest BCUT2D eigenvalue weighted by atomic mass is 10.1. The van der Waals surface area contributed by atoms with E-state index in [4.69, 9.17) is 4.52 Å². The lowest BCUT2D eigenvalue weighted by Crippen LogP contribution is -2.28. The van der Waals surface area contributed by atoms with E-state index in [0.29, 0.717) is 12.1 Å². The summed E-state index contributed by atoms with van der Waals surface area (Å²) in [5.74, 6) is -0.218. The summed E-state index contributed by atoms with van der Waals surface area (Å²) >= 11 is 0. The van der Waals surface area contributed by atoms with Crippen molar-refractivity contribution in [2.45, 2.75) is 45.2 Å². The maximum Gasteiger partial charge on any atom is 0.154 e. The molecule has 3 rings (SSSR count). The van der Waals surface area contributed by atoms with Crippen LogP contribution in [0.5, 0.6) is 0 Å². The van der Waals surface area contributed by atoms with Gasteiger partial charge in [-0.1, -0.05) is 18.0 Å². The van der Waals surface area contributed by atoms with Gasteiger partial charge in [0.2, 0.25) is 0 Å². The van der Waals surface area contributed by atoms with Gasteiger partial charge in [0.1, 0.15) is 11.6 Å². The predicted molar refractivity (Wildman–Crippen MR) is 79.2 cm³/mol. The Labute approximate surface area is 128 Å². The van der Waals surface area contributed by atoms with Crippen LogP contribution in [0, 0.1) is 18.6 Å². The smallest absolute Gasteiger partial charge is 0.154 e. The van der Waals surface area contributed by atoms with Crippen molar-refractivity contribution < 1.29 is 13.3 Å². The van der Waals surface area contributed by atoms with Gasteiger partial charge in [0.15, 0.2) is 5.76 Å². The lowest BCUT2D eigenvalue weighted by Gasteiger charge is -2.28. The Kier molecular flexibility index (Phi) is 4.52. The number of benzene rings is 1. The minimum absolute atomic E-state index is 0.120. The van der Waals surface area contributed by atoms with E-state index in [1.165, 1.54) is 12.1 Å². The molecule has 2 aromatic rings. The molecule has 0 amide bonds. The highest BCUT2D eigenvalue weighted by Crippen LogP contribution is 2.31. The molecule has 0 bridgehead atoms. The first kappa shape index (κ1) is 15.2. The summed E-state index contributed by atoms with van der Waals surface area (Å²) in [7, 11) is 0. The molecule has 0 radical (unpaired) electrons. The average Bonchev–Trinajstić information content (AvgIpc) is 2.74. The van der Waals surface area contributed by atoms with Crippen LogP contribution in [0.15, 0.2) is 28.8 Å². The van der Waals surface area contributed by atoms with E-state index in [2.05, 4.69) is 10.1 Å². The fourth-order valence-electron chi connectivity index (χ4n) is 3.16. The quantitative estimate of drug-likeness (QED) is 0.843. The molecule has 1 aromatic heterocycles. The van der Waals surface area contributed by atoms with E-state index >= 15 is 0 Å². The summed E-state index contributed by atoms with van der Waals surface area (Å²) in [6.45, 7) is 3.30. The first-order valence-electron chi connectivity index (χ1n) is 7.74. The molecule has 1 aliphatic rings. The van der Waals surface area contributed by atoms with Crippen LogP contribution in [0.1, 0.15) is 48.7 Å². The summed E-state index contributed by atoms with van der Waals surface area (Å²) < 4.78 is 32.2. The third-order valence-electron chi connectivity index (χ3n) is 4.15. The minimum Gasteiger partial charge on any atom is -0.359 e. The summed E-state index contributed by atoms with van der Waals surface area (Å²) in [6.07, 6.45) is 4.35. The Morgan fingerprint density at radius 3 is 2.59 bits per heavy atom. The molecule has 0 unspecified atom stereocenters. The number of aromatic nitrogens is 1. The van der Waals surface area contributed by atoms with Gasteiger partial charge in [0, 0.05) is 18.7 Å². The lowest BCUT2D eigenvalue weighted by molar-refractivity contribution is 0.159. The van der Waals surface area contributed by atoms with Crippen LogP contribution in [0.25, 0.3) is 0 Å². The van der Waals surface area contributed by atoms with Crippen LogP contribution in [-0.2, 0) is 6.54 Å². The number of hydrogen-bond donors (Lipinski definition) is 0. The molecule has 1 atom stereocenters. The van der Waals surface area contributed by atoms with Crippen molar-refractivity contribution in [1.82, 2.24) is 10.1 Å². The number of rotatable bonds is 3. The van der Waals surface area contributed by atoms with Gasteiger partial charge < -0.3 is 4.52 Å². The Balaban J connectivity index is 1.84. The van der Waals surface area contributed by atoms with Crippen molar-refractivity contribution >= 4 is 0 Å². The van der Waals surface area contributed by atoms with Crippen molar-refractivity contribution in [3.05, 3.63) is 52.9 Å². The maximum atomic E-state index is 13.4. The Morgan fingerprint density at radius 2 is 1.91 bits per heavy atom. The normalized spacial score (nSPS) is 20.0. The molecule has 5 heteroatoms. The summed E-state index contributed by atoms with van der Waals surface area (Å²) in [5, 5.41) is 3.97. The molecule has 0 spiro atoms. The van der Waals surface area contributed by atoms with Crippen LogP contribution in [0.4, 0.5) is 8.78 Å². The molecule has 3 nitrogen and oxygen atoms in total. The van der Waals surface area contributed by atoms with Gasteiger partial charge >= 0.3 is 0 Å². The molecule has 22 heavy (non-hydrogen) atoms. The van der Waals surface area contributed by atoms with Gasteiger partial charge in [-0.25, -0.2) is 8.78 Å². The molecule has 1 saturated heterocycles. The van der Waals surface area contributed by atoms with E-state index in [9.17, 15) is 8.78 Å². The largest absolute Gasteiger partial charge is 0.359 e. The van der Waals surface area contributed by atoms with Gasteiger partial charge in [0.05, 0.1) is 11.7 Å². The topological polar surface area (TPSA) is 29.3 Å². The van der Waals surface area contributed by atoms with Crippen LogP contribution in [-0.4, -0.2) is 16.6 Å². The number of aryl methyl sites for hydroxylation is 1. The van der Waals surface area contributed by atoms with Gasteiger partial charge in [0.25, 0.3) is 0 Å². The number of halogens is 2. The van der Waals surface area contributed by atoms with Gasteiger partial charge in [-0.15, -0.1) is 0 Å². The monoisotopic (exact) mass is 306 g/mol. The predicted octanol–water partition coefficient (Wildman–Crippen LogP) is 4.38. The SMILES string of the molecule is Cc1cc([C@@H]2CCCCCN2Cc2cc(F)cc(F)c2)on1. The molecule has 1 aromatic carbocycles. The van der Waals surface area contributed by atoms with Crippen LogP contribution < -0.4 is 0 Å². The van der Waals surface area contributed by atoms with E-state index in [1.807, 2.05) is 13.0 Å². The van der Waals surface area contributed by atoms with Crippen molar-refractivity contribution in [3.8, 4) is 0 Å². The average molecular weight is 306 g/mol. The Bertz CT molecular complexity index is 621. The zero-order valence-electron chi connectivity index (χ0n) is 12.7. The fourth-order valence-corrected chi connectivity index (χ4v) is 3.16. The highest BCUT2D eigenvalue weighted by atomic mass is 19.1. The summed E-state index contributed by atoms with van der Waals surface area (Å²) in [6, 6.07) is 5.78. The standard InChI is InChI=1S/C17H20F2N2O/c1-12-7-17(22-20-12)16-5-3-2-4-6-21(16)11-13-8-14(18)10-15(19)9-13/h7-10,16H,2-6,11H2,1H3/t16-/m0/s1. The van der Waals surface area contributed by atoms with E-state index in [0.717, 1.165) is 49.7 Å². The van der Waals surface area contributed by atoms with Crippen LogP contribution in [0.3, 0.4) is 0 Å². The second-order valence-corrected chi connectivity index (χ2v) is 5.98. The number of likely N-dealkylation sites (tertiary alicyclic amines) is 1. The van der Waals surface area contributed by atoms with Gasteiger partial charge in [-0.2, -0.15) is 0 Å². The van der Waals surface area contributed by atoms with Gasteiger partial charge in [-0.05, 0) is 44.0 Å². The molecular formula is C17H20F2N2O. The Morgan fingerprint density at radius 1 is 1.14 bits per heavy atom. The van der Waals surface area contributed by atoms with Crippen LogP contribution >= 0.6 is 0 Å². The number of nitrogens with zero attached hydrogens (tertiary/aromatic N) is 2. The molecular weight excluding hydrogens is 286 g/mol. The fraction of sp³-hybridized carbons (Fsp3) is 0.471. The first-order valence-corrected chi connectivity index (χ1v) is 7.74. The third kappa shape index (κ3) is 3.53. The maximum absolute atomic E-state index is 13.4. The zero-order chi connectivity index (χ0) is 15.5. The van der Waals surface area contributed by atoms with E-state index in [1.54, 1.807) is 0 Å². The second kappa shape index (κ2) is 6.57. The minimum atomic E-state index is -0.531. The van der Waals surface area contributed by atoms with Gasteiger partial charge in [-0.3, -0.25) is 4.90 Å². The Hall–Kier alpha value is -1.75. The van der Waals surface area contributed by atoms with Crippen LogP contribution in [0.2, 0.25) is 0 Å². The van der Waals surface area contributed by atoms with E-state index in [-0.39, 0.29) is 6.04 Å². The zero-order valence-corrected chi connectivity index (χ0v) is 12.7. The molecule has 1 aliphatic heterocycles. The molecule has 0 saturated carbocycles. The van der Waals surface area contributed by atoms with Crippen molar-refractivity contribution in [3.63, 3.8) is 0 Å². The third-order valence-corrected chi connectivity index (χ3v) is 4.15. The molecule has 118 valence electrons. The molecule has 0 N–H and O–H groups in total. The van der Waals surface area contributed by atoms with Crippen molar-refractivity contribution in [2.75, 3.05) is 6.54 Å².